The third-order valence-corrected chi connectivity index (χ3v) is 6.34. The average Bonchev–Trinajstić information content (AvgIpc) is 3.40. The van der Waals surface area contributed by atoms with Crippen molar-refractivity contribution in [1.29, 1.82) is 5.26 Å². The lowest BCUT2D eigenvalue weighted by atomic mass is 10.0. The van der Waals surface area contributed by atoms with Gasteiger partial charge in [-0.05, 0) is 55.2 Å². The zero-order valence-corrected chi connectivity index (χ0v) is 20.5. The maximum atomic E-state index is 13.6. The molecule has 0 saturated carbocycles. The van der Waals surface area contributed by atoms with E-state index in [1.807, 2.05) is 12.1 Å². The smallest absolute Gasteiger partial charge is 0.409 e. The number of halogens is 1. The minimum atomic E-state index is -0.404. The Bertz CT molecular complexity index is 1320. The Labute approximate surface area is 215 Å². The molecule has 1 aliphatic rings. The van der Waals surface area contributed by atoms with Crippen molar-refractivity contribution >= 4 is 17.8 Å². The third kappa shape index (κ3) is 6.22. The first kappa shape index (κ1) is 25.6. The predicted molar refractivity (Wildman–Crippen MR) is 137 cm³/mol. The molecule has 1 aliphatic heterocycles. The Hall–Kier alpha value is -4.45. The number of rotatable bonds is 8. The van der Waals surface area contributed by atoms with E-state index in [2.05, 4.69) is 21.7 Å². The number of ether oxygens (including phenoxy) is 1. The molecule has 4 rings (SSSR count). The largest absolute Gasteiger partial charge is 0.453 e. The van der Waals surface area contributed by atoms with Crippen LogP contribution in [0, 0.1) is 17.1 Å². The van der Waals surface area contributed by atoms with Crippen LogP contribution in [0.5, 0.6) is 0 Å². The van der Waals surface area contributed by atoms with Crippen LogP contribution in [-0.4, -0.2) is 54.7 Å². The molecule has 2 heterocycles. The van der Waals surface area contributed by atoms with E-state index in [1.54, 1.807) is 41.3 Å². The van der Waals surface area contributed by atoms with Gasteiger partial charge in [-0.25, -0.2) is 14.2 Å². The Kier molecular flexibility index (Phi) is 8.31. The summed E-state index contributed by atoms with van der Waals surface area (Å²) in [6.45, 7) is 1.29. The number of nitrogens with zero attached hydrogens (tertiary/aromatic N) is 3. The van der Waals surface area contributed by atoms with E-state index in [0.29, 0.717) is 47.7 Å². The highest BCUT2D eigenvalue weighted by atomic mass is 19.1. The van der Waals surface area contributed by atoms with Crippen LogP contribution in [0.25, 0.3) is 11.3 Å². The molecule has 0 radical (unpaired) electrons. The second-order valence-electron chi connectivity index (χ2n) is 8.73. The first-order chi connectivity index (χ1) is 18.0. The van der Waals surface area contributed by atoms with Crippen molar-refractivity contribution in [3.05, 3.63) is 83.2 Å². The van der Waals surface area contributed by atoms with Gasteiger partial charge >= 0.3 is 6.09 Å². The number of carbonyl (C=O) groups is 2. The van der Waals surface area contributed by atoms with Crippen LogP contribution in [0.3, 0.4) is 0 Å². The second kappa shape index (κ2) is 12.0. The van der Waals surface area contributed by atoms with Crippen molar-refractivity contribution in [2.24, 2.45) is 0 Å². The number of anilines is 1. The highest BCUT2D eigenvalue weighted by Gasteiger charge is 2.30. The lowest BCUT2D eigenvalue weighted by molar-refractivity contribution is 0.0925. The monoisotopic (exact) mass is 501 g/mol. The maximum absolute atomic E-state index is 13.6. The van der Waals surface area contributed by atoms with Gasteiger partial charge in [-0.3, -0.25) is 4.79 Å². The summed E-state index contributed by atoms with van der Waals surface area (Å²) >= 11 is 0. The fourth-order valence-electron chi connectivity index (χ4n) is 4.46. The summed E-state index contributed by atoms with van der Waals surface area (Å²) in [5.41, 5.74) is 2.83. The van der Waals surface area contributed by atoms with Gasteiger partial charge in [-0.2, -0.15) is 5.26 Å². The predicted octanol–water partition coefficient (Wildman–Crippen LogP) is 4.37. The first-order valence-electron chi connectivity index (χ1n) is 12.1. The molecule has 2 aromatic carbocycles. The molecule has 8 nitrogen and oxygen atoms in total. The summed E-state index contributed by atoms with van der Waals surface area (Å²) in [4.78, 5) is 31.5. The van der Waals surface area contributed by atoms with Crippen molar-refractivity contribution in [1.82, 2.24) is 15.2 Å². The number of nitriles is 1. The van der Waals surface area contributed by atoms with Crippen molar-refractivity contribution < 1.29 is 18.7 Å². The van der Waals surface area contributed by atoms with Gasteiger partial charge in [-0.1, -0.05) is 30.3 Å². The van der Waals surface area contributed by atoms with Gasteiger partial charge in [0.2, 0.25) is 0 Å². The number of nitrogens with one attached hydrogen (secondary N) is 2. The standard InChI is InChI=1S/C28H28FN5O3/c1-37-28(36)34-15-5-9-22(34)18-32-27(35)24-11-12-25(23-10-3-2-7-20(23)17-30)33-26(24)31-14-13-19-6-4-8-21(29)16-19/h2-4,6-8,10-12,16,22H,5,9,13-15,18H2,1H3,(H,31,33)(H,32,35)/t22-/m1/s1. The summed E-state index contributed by atoms with van der Waals surface area (Å²) in [6, 6.07) is 18.9. The molecule has 1 fully saturated rings. The van der Waals surface area contributed by atoms with E-state index in [9.17, 15) is 19.2 Å². The Morgan fingerprint density at radius 1 is 1.19 bits per heavy atom. The summed E-state index contributed by atoms with van der Waals surface area (Å²) < 4.78 is 18.4. The number of pyridine rings is 1. The number of amides is 2. The average molecular weight is 502 g/mol. The van der Waals surface area contributed by atoms with Crippen LogP contribution in [0.1, 0.15) is 34.3 Å². The fourth-order valence-corrected chi connectivity index (χ4v) is 4.46. The lowest BCUT2D eigenvalue weighted by Gasteiger charge is -2.23. The number of benzene rings is 2. The van der Waals surface area contributed by atoms with Gasteiger partial charge < -0.3 is 20.3 Å². The molecule has 2 amide bonds. The maximum Gasteiger partial charge on any atom is 0.409 e. The minimum absolute atomic E-state index is 0.143. The number of carbonyl (C=O) groups excluding carboxylic acids is 2. The summed E-state index contributed by atoms with van der Waals surface area (Å²) in [5.74, 6) is -0.285. The first-order valence-corrected chi connectivity index (χ1v) is 12.1. The van der Waals surface area contributed by atoms with Crippen LogP contribution in [0.2, 0.25) is 0 Å². The van der Waals surface area contributed by atoms with Crippen LogP contribution < -0.4 is 10.6 Å². The topological polar surface area (TPSA) is 107 Å². The molecule has 37 heavy (non-hydrogen) atoms. The molecule has 0 unspecified atom stereocenters. The minimum Gasteiger partial charge on any atom is -0.453 e. The van der Waals surface area contributed by atoms with E-state index < -0.39 is 6.09 Å². The number of methoxy groups -OCH3 is 1. The second-order valence-corrected chi connectivity index (χ2v) is 8.73. The highest BCUT2D eigenvalue weighted by Crippen LogP contribution is 2.25. The number of aromatic nitrogens is 1. The van der Waals surface area contributed by atoms with Gasteiger partial charge in [-0.15, -0.1) is 0 Å². The van der Waals surface area contributed by atoms with Gasteiger partial charge in [0.15, 0.2) is 0 Å². The Morgan fingerprint density at radius 3 is 2.81 bits per heavy atom. The van der Waals surface area contributed by atoms with Crippen LogP contribution in [-0.2, 0) is 11.2 Å². The number of hydrogen-bond donors (Lipinski definition) is 2. The van der Waals surface area contributed by atoms with Gasteiger partial charge in [0.05, 0.1) is 36.0 Å². The van der Waals surface area contributed by atoms with E-state index >= 15 is 0 Å². The number of hydrogen-bond acceptors (Lipinski definition) is 6. The van der Waals surface area contributed by atoms with Crippen LogP contribution in [0.15, 0.2) is 60.7 Å². The van der Waals surface area contributed by atoms with Gasteiger partial charge in [0.1, 0.15) is 11.6 Å². The van der Waals surface area contributed by atoms with E-state index in [1.165, 1.54) is 19.2 Å². The van der Waals surface area contributed by atoms with Gasteiger partial charge in [0.25, 0.3) is 5.91 Å². The molecule has 0 spiro atoms. The van der Waals surface area contributed by atoms with Crippen molar-refractivity contribution in [2.45, 2.75) is 25.3 Å². The molecule has 1 atom stereocenters. The highest BCUT2D eigenvalue weighted by molar-refractivity contribution is 5.99. The normalized spacial score (nSPS) is 14.6. The molecule has 1 aromatic heterocycles. The quantitative estimate of drug-likeness (QED) is 0.475. The molecular formula is C28H28FN5O3. The van der Waals surface area contributed by atoms with Crippen LogP contribution in [0.4, 0.5) is 15.0 Å². The fraction of sp³-hybridized carbons (Fsp3) is 0.286. The third-order valence-electron chi connectivity index (χ3n) is 6.34. The summed E-state index contributed by atoms with van der Waals surface area (Å²) in [6.07, 6.45) is 1.74. The Morgan fingerprint density at radius 2 is 2.03 bits per heavy atom. The lowest BCUT2D eigenvalue weighted by Crippen LogP contribution is -2.43. The Balaban J connectivity index is 1.54. The molecule has 3 aromatic rings. The van der Waals surface area contributed by atoms with E-state index in [-0.39, 0.29) is 24.3 Å². The molecule has 0 bridgehead atoms. The zero-order valence-electron chi connectivity index (χ0n) is 20.5. The molecule has 2 N–H and O–H groups in total. The molecular weight excluding hydrogens is 473 g/mol. The van der Waals surface area contributed by atoms with Gasteiger partial charge in [0, 0.05) is 25.2 Å². The molecule has 0 aliphatic carbocycles. The van der Waals surface area contributed by atoms with Crippen molar-refractivity contribution in [3.8, 4) is 17.3 Å². The molecule has 190 valence electrons. The number of likely N-dealkylation sites (tertiary alicyclic amines) is 1. The SMILES string of the molecule is COC(=O)N1CCC[C@@H]1CNC(=O)c1ccc(-c2ccccc2C#N)nc1NCCc1cccc(F)c1. The van der Waals surface area contributed by atoms with E-state index in [4.69, 9.17) is 4.74 Å². The summed E-state index contributed by atoms with van der Waals surface area (Å²) in [5, 5.41) is 15.6. The van der Waals surface area contributed by atoms with Crippen molar-refractivity contribution in [3.63, 3.8) is 0 Å². The molecule has 1 saturated heterocycles. The zero-order chi connectivity index (χ0) is 26.2. The summed E-state index contributed by atoms with van der Waals surface area (Å²) in [7, 11) is 1.34. The molecule has 9 heteroatoms. The van der Waals surface area contributed by atoms with E-state index in [0.717, 1.165) is 18.4 Å². The van der Waals surface area contributed by atoms with Crippen LogP contribution >= 0.6 is 0 Å². The van der Waals surface area contributed by atoms with Crippen molar-refractivity contribution in [2.75, 3.05) is 32.1 Å².